The summed E-state index contributed by atoms with van der Waals surface area (Å²) in [6, 6.07) is 12.3. The number of hydrogen-bond acceptors (Lipinski definition) is 2. The average Bonchev–Trinajstić information content (AvgIpc) is 2.77. The highest BCUT2D eigenvalue weighted by molar-refractivity contribution is 7.71. The molecule has 3 nitrogen and oxygen atoms in total. The lowest BCUT2D eigenvalue weighted by Crippen LogP contribution is -1.97. The second kappa shape index (κ2) is 5.21. The SMILES string of the molecule is CCCc1cc(=S)n2[nH]c(C)c(-c3ccccc3)c2n1. The van der Waals surface area contributed by atoms with Gasteiger partial charge in [-0.05, 0) is 25.0 Å². The van der Waals surface area contributed by atoms with E-state index in [1.165, 1.54) is 5.56 Å². The van der Waals surface area contributed by atoms with Crippen molar-refractivity contribution in [1.82, 2.24) is 14.6 Å². The number of benzene rings is 1. The Bertz CT molecular complexity index is 800. The van der Waals surface area contributed by atoms with Gasteiger partial charge < -0.3 is 0 Å². The maximum Gasteiger partial charge on any atom is 0.162 e. The number of fused-ring (bicyclic) bond motifs is 1. The summed E-state index contributed by atoms with van der Waals surface area (Å²) < 4.78 is 2.68. The Hall–Kier alpha value is -1.94. The number of aromatic amines is 1. The first-order valence-electron chi connectivity index (χ1n) is 6.87. The molecule has 0 unspecified atom stereocenters. The molecule has 0 bridgehead atoms. The van der Waals surface area contributed by atoms with Crippen molar-refractivity contribution in [2.75, 3.05) is 0 Å². The van der Waals surface area contributed by atoms with Crippen molar-refractivity contribution >= 4 is 17.9 Å². The molecule has 20 heavy (non-hydrogen) atoms. The van der Waals surface area contributed by atoms with E-state index in [9.17, 15) is 0 Å². The van der Waals surface area contributed by atoms with E-state index in [0.29, 0.717) is 0 Å². The summed E-state index contributed by atoms with van der Waals surface area (Å²) in [6.07, 6.45) is 2.03. The van der Waals surface area contributed by atoms with Gasteiger partial charge in [-0.15, -0.1) is 0 Å². The molecule has 0 amide bonds. The number of rotatable bonds is 3. The fourth-order valence-electron chi connectivity index (χ4n) is 2.53. The zero-order valence-corrected chi connectivity index (χ0v) is 12.5. The maximum absolute atomic E-state index is 5.47. The highest BCUT2D eigenvalue weighted by Crippen LogP contribution is 2.27. The minimum Gasteiger partial charge on any atom is -0.295 e. The number of aryl methyl sites for hydroxylation is 2. The van der Waals surface area contributed by atoms with Gasteiger partial charge in [0, 0.05) is 17.0 Å². The van der Waals surface area contributed by atoms with Crippen LogP contribution in [-0.4, -0.2) is 14.6 Å². The van der Waals surface area contributed by atoms with Crippen LogP contribution in [0.15, 0.2) is 36.4 Å². The van der Waals surface area contributed by atoms with Crippen molar-refractivity contribution in [3.8, 4) is 11.1 Å². The molecule has 102 valence electrons. The van der Waals surface area contributed by atoms with Crippen molar-refractivity contribution in [2.45, 2.75) is 26.7 Å². The van der Waals surface area contributed by atoms with Gasteiger partial charge in [-0.2, -0.15) is 0 Å². The monoisotopic (exact) mass is 283 g/mol. The maximum atomic E-state index is 5.47. The van der Waals surface area contributed by atoms with Gasteiger partial charge in [0.25, 0.3) is 0 Å². The Kier molecular flexibility index (Phi) is 3.40. The predicted octanol–water partition coefficient (Wildman–Crippen LogP) is 4.32. The minimum atomic E-state index is 0.781. The van der Waals surface area contributed by atoms with Crippen molar-refractivity contribution in [2.24, 2.45) is 0 Å². The molecule has 0 saturated heterocycles. The molecule has 0 atom stereocenters. The van der Waals surface area contributed by atoms with E-state index in [2.05, 4.69) is 31.1 Å². The lowest BCUT2D eigenvalue weighted by molar-refractivity contribution is 0.846. The summed E-state index contributed by atoms with van der Waals surface area (Å²) >= 11 is 5.47. The third kappa shape index (κ3) is 2.16. The van der Waals surface area contributed by atoms with Crippen LogP contribution in [0, 0.1) is 11.6 Å². The number of aromatic nitrogens is 3. The van der Waals surface area contributed by atoms with E-state index in [1.54, 1.807) is 0 Å². The van der Waals surface area contributed by atoms with Crippen LogP contribution < -0.4 is 0 Å². The molecule has 2 aromatic heterocycles. The van der Waals surface area contributed by atoms with Crippen molar-refractivity contribution in [3.63, 3.8) is 0 Å². The van der Waals surface area contributed by atoms with Crippen molar-refractivity contribution < 1.29 is 0 Å². The fraction of sp³-hybridized carbons (Fsp3) is 0.250. The summed E-state index contributed by atoms with van der Waals surface area (Å²) in [5.74, 6) is 0. The van der Waals surface area contributed by atoms with Gasteiger partial charge in [0.15, 0.2) is 5.65 Å². The number of H-pyrrole nitrogens is 1. The Morgan fingerprint density at radius 3 is 2.70 bits per heavy atom. The third-order valence-corrected chi connectivity index (χ3v) is 3.72. The van der Waals surface area contributed by atoms with Crippen LogP contribution in [0.4, 0.5) is 0 Å². The second-order valence-electron chi connectivity index (χ2n) is 4.97. The topological polar surface area (TPSA) is 33.1 Å². The summed E-state index contributed by atoms with van der Waals surface area (Å²) in [6.45, 7) is 4.22. The molecular weight excluding hydrogens is 266 g/mol. The zero-order valence-electron chi connectivity index (χ0n) is 11.7. The van der Waals surface area contributed by atoms with Gasteiger partial charge >= 0.3 is 0 Å². The lowest BCUT2D eigenvalue weighted by Gasteiger charge is -2.03. The first-order chi connectivity index (χ1) is 9.70. The van der Waals surface area contributed by atoms with Gasteiger partial charge in [-0.25, -0.2) is 9.50 Å². The van der Waals surface area contributed by atoms with Crippen LogP contribution in [0.2, 0.25) is 0 Å². The molecule has 2 heterocycles. The van der Waals surface area contributed by atoms with Gasteiger partial charge in [0.05, 0.1) is 0 Å². The highest BCUT2D eigenvalue weighted by atomic mass is 32.1. The van der Waals surface area contributed by atoms with Gasteiger partial charge in [0.2, 0.25) is 0 Å². The van der Waals surface area contributed by atoms with Crippen LogP contribution in [0.25, 0.3) is 16.8 Å². The van der Waals surface area contributed by atoms with E-state index in [4.69, 9.17) is 17.2 Å². The minimum absolute atomic E-state index is 0.781. The molecule has 0 saturated carbocycles. The highest BCUT2D eigenvalue weighted by Gasteiger charge is 2.12. The molecule has 0 fully saturated rings. The molecular formula is C16H17N3S. The molecule has 0 aliphatic rings. The zero-order chi connectivity index (χ0) is 14.1. The Morgan fingerprint density at radius 1 is 1.25 bits per heavy atom. The molecule has 0 spiro atoms. The summed E-state index contributed by atoms with van der Waals surface area (Å²) in [5.41, 5.74) is 5.37. The molecule has 0 aliphatic carbocycles. The molecule has 3 rings (SSSR count). The van der Waals surface area contributed by atoms with E-state index in [0.717, 1.165) is 40.1 Å². The van der Waals surface area contributed by atoms with Crippen LogP contribution in [0.1, 0.15) is 24.7 Å². The molecule has 0 radical (unpaired) electrons. The van der Waals surface area contributed by atoms with Crippen LogP contribution in [0.3, 0.4) is 0 Å². The van der Waals surface area contributed by atoms with Crippen molar-refractivity contribution in [3.05, 3.63) is 52.4 Å². The third-order valence-electron chi connectivity index (χ3n) is 3.42. The fourth-order valence-corrected chi connectivity index (χ4v) is 2.80. The smallest absolute Gasteiger partial charge is 0.162 e. The van der Waals surface area contributed by atoms with Gasteiger partial charge in [-0.1, -0.05) is 55.9 Å². The summed E-state index contributed by atoms with van der Waals surface area (Å²) in [4.78, 5) is 4.79. The average molecular weight is 283 g/mol. The summed E-state index contributed by atoms with van der Waals surface area (Å²) in [7, 11) is 0. The summed E-state index contributed by atoms with van der Waals surface area (Å²) in [5, 5.41) is 3.31. The molecule has 3 aromatic rings. The Balaban J connectivity index is 2.32. The van der Waals surface area contributed by atoms with E-state index < -0.39 is 0 Å². The van der Waals surface area contributed by atoms with E-state index in [-0.39, 0.29) is 0 Å². The predicted molar refractivity (Wildman–Crippen MR) is 84.5 cm³/mol. The molecule has 0 aliphatic heterocycles. The van der Waals surface area contributed by atoms with E-state index in [1.807, 2.05) is 28.8 Å². The van der Waals surface area contributed by atoms with Gasteiger partial charge in [-0.3, -0.25) is 5.10 Å². The quantitative estimate of drug-likeness (QED) is 0.726. The lowest BCUT2D eigenvalue weighted by atomic mass is 10.1. The molecule has 4 heteroatoms. The normalized spacial score (nSPS) is 11.1. The standard InChI is InChI=1S/C16H17N3S/c1-3-7-13-10-14(20)19-16(17-13)15(11(2)18-19)12-8-5-4-6-9-12/h4-6,8-10,18H,3,7H2,1-2H3. The van der Waals surface area contributed by atoms with Crippen LogP contribution in [-0.2, 0) is 6.42 Å². The largest absolute Gasteiger partial charge is 0.295 e. The van der Waals surface area contributed by atoms with Crippen LogP contribution >= 0.6 is 12.2 Å². The van der Waals surface area contributed by atoms with E-state index >= 15 is 0 Å². The second-order valence-corrected chi connectivity index (χ2v) is 5.39. The number of nitrogens with one attached hydrogen (secondary N) is 1. The molecule has 1 N–H and O–H groups in total. The first-order valence-corrected chi connectivity index (χ1v) is 7.28. The Labute approximate surface area is 123 Å². The Morgan fingerprint density at radius 2 is 2.00 bits per heavy atom. The number of hydrogen-bond donors (Lipinski definition) is 1. The van der Waals surface area contributed by atoms with Crippen LogP contribution in [0.5, 0.6) is 0 Å². The molecule has 1 aromatic carbocycles. The first kappa shape index (κ1) is 13.1. The van der Waals surface area contributed by atoms with Crippen molar-refractivity contribution in [1.29, 1.82) is 0 Å². The number of nitrogens with zero attached hydrogens (tertiary/aromatic N) is 2. The van der Waals surface area contributed by atoms with Gasteiger partial charge in [0.1, 0.15) is 4.64 Å².